The van der Waals surface area contributed by atoms with E-state index in [0.29, 0.717) is 18.3 Å². The van der Waals surface area contributed by atoms with Gasteiger partial charge in [-0.3, -0.25) is 0 Å². The average molecular weight is 242 g/mol. The van der Waals surface area contributed by atoms with Crippen molar-refractivity contribution in [3.63, 3.8) is 0 Å². The van der Waals surface area contributed by atoms with Gasteiger partial charge in [-0.25, -0.2) is 0 Å². The molecule has 17 heavy (non-hydrogen) atoms. The first-order chi connectivity index (χ1) is 8.28. The first-order valence-corrected chi connectivity index (χ1v) is 6.88. The molecule has 0 bridgehead atoms. The smallest absolute Gasteiger partial charge is 0.0814 e. The third-order valence-corrected chi connectivity index (χ3v) is 3.81. The van der Waals surface area contributed by atoms with Crippen LogP contribution < -0.4 is 5.32 Å². The zero-order valence-electron chi connectivity index (χ0n) is 11.2. The topological polar surface area (TPSA) is 33.7 Å². The number of hydrogen-bond acceptors (Lipinski definition) is 4. The number of nitrogens with one attached hydrogen (secondary N) is 1. The van der Waals surface area contributed by atoms with E-state index in [1.807, 2.05) is 7.05 Å². The van der Waals surface area contributed by atoms with Gasteiger partial charge >= 0.3 is 0 Å². The molecule has 0 aromatic carbocycles. The van der Waals surface area contributed by atoms with E-state index in [4.69, 9.17) is 9.47 Å². The van der Waals surface area contributed by atoms with E-state index in [-0.39, 0.29) is 0 Å². The molecule has 2 heterocycles. The number of likely N-dealkylation sites (N-methyl/N-ethyl adjacent to an activating group) is 1. The van der Waals surface area contributed by atoms with Gasteiger partial charge in [0.25, 0.3) is 0 Å². The molecule has 2 unspecified atom stereocenters. The number of nitrogens with zero attached hydrogens (tertiary/aromatic N) is 1. The predicted molar refractivity (Wildman–Crippen MR) is 68.3 cm³/mol. The van der Waals surface area contributed by atoms with Crippen molar-refractivity contribution >= 4 is 0 Å². The summed E-state index contributed by atoms with van der Waals surface area (Å²) in [5.41, 5.74) is 0. The number of ether oxygens (including phenoxy) is 2. The average Bonchev–Trinajstić information content (AvgIpc) is 2.77. The molecule has 0 spiro atoms. The molecule has 4 heteroatoms. The lowest BCUT2D eigenvalue weighted by atomic mass is 10.1. The highest BCUT2D eigenvalue weighted by atomic mass is 16.5. The Labute approximate surface area is 105 Å². The minimum Gasteiger partial charge on any atom is -0.375 e. The van der Waals surface area contributed by atoms with E-state index in [9.17, 15) is 0 Å². The van der Waals surface area contributed by atoms with Crippen molar-refractivity contribution in [1.82, 2.24) is 10.2 Å². The van der Waals surface area contributed by atoms with Crippen molar-refractivity contribution in [2.24, 2.45) is 0 Å². The third kappa shape index (κ3) is 4.21. The van der Waals surface area contributed by atoms with E-state index in [1.54, 1.807) is 0 Å². The van der Waals surface area contributed by atoms with Crippen molar-refractivity contribution in [2.45, 2.75) is 44.0 Å². The normalized spacial score (nSPS) is 32.1. The minimum atomic E-state index is 0.327. The highest BCUT2D eigenvalue weighted by Gasteiger charge is 2.26. The Morgan fingerprint density at radius 1 is 1.18 bits per heavy atom. The van der Waals surface area contributed by atoms with Gasteiger partial charge in [0.1, 0.15) is 0 Å². The first-order valence-electron chi connectivity index (χ1n) is 6.88. The van der Waals surface area contributed by atoms with E-state index >= 15 is 0 Å². The van der Waals surface area contributed by atoms with E-state index in [0.717, 1.165) is 19.6 Å². The third-order valence-electron chi connectivity index (χ3n) is 3.81. The maximum atomic E-state index is 5.97. The molecule has 0 amide bonds. The predicted octanol–water partition coefficient (Wildman–Crippen LogP) is 0.864. The lowest BCUT2D eigenvalue weighted by Crippen LogP contribution is -2.35. The Bertz CT molecular complexity index is 217. The van der Waals surface area contributed by atoms with Gasteiger partial charge < -0.3 is 19.7 Å². The molecule has 2 saturated heterocycles. The molecule has 2 rings (SSSR count). The summed E-state index contributed by atoms with van der Waals surface area (Å²) < 4.78 is 11.9. The summed E-state index contributed by atoms with van der Waals surface area (Å²) in [6.07, 6.45) is 5.84. The highest BCUT2D eigenvalue weighted by molar-refractivity contribution is 4.76. The lowest BCUT2D eigenvalue weighted by molar-refractivity contribution is -0.0548. The molecule has 100 valence electrons. The van der Waals surface area contributed by atoms with Gasteiger partial charge in [-0.05, 0) is 39.8 Å². The quantitative estimate of drug-likeness (QED) is 0.775. The summed E-state index contributed by atoms with van der Waals surface area (Å²) in [4.78, 5) is 2.37. The zero-order valence-corrected chi connectivity index (χ0v) is 11.2. The van der Waals surface area contributed by atoms with E-state index < -0.39 is 0 Å². The van der Waals surface area contributed by atoms with Crippen LogP contribution in [0.25, 0.3) is 0 Å². The maximum Gasteiger partial charge on any atom is 0.0814 e. The second kappa shape index (κ2) is 6.69. The Morgan fingerprint density at radius 3 is 2.59 bits per heavy atom. The molecule has 1 N–H and O–H groups in total. The van der Waals surface area contributed by atoms with E-state index in [1.165, 1.54) is 32.4 Å². The summed E-state index contributed by atoms with van der Waals surface area (Å²) in [5.74, 6) is 0. The molecule has 2 atom stereocenters. The fraction of sp³-hybridized carbons (Fsp3) is 1.00. The van der Waals surface area contributed by atoms with E-state index in [2.05, 4.69) is 17.3 Å². The highest BCUT2D eigenvalue weighted by Crippen LogP contribution is 2.21. The largest absolute Gasteiger partial charge is 0.375 e. The Balaban J connectivity index is 1.59. The van der Waals surface area contributed by atoms with Gasteiger partial charge in [-0.2, -0.15) is 0 Å². The van der Waals surface area contributed by atoms with Gasteiger partial charge in [0, 0.05) is 19.6 Å². The number of hydrogen-bond donors (Lipinski definition) is 1. The second-order valence-corrected chi connectivity index (χ2v) is 5.35. The minimum absolute atomic E-state index is 0.327. The number of rotatable bonds is 5. The van der Waals surface area contributed by atoms with Crippen LogP contribution in [0.5, 0.6) is 0 Å². The Kier molecular flexibility index (Phi) is 5.22. The molecule has 0 radical (unpaired) electrons. The number of piperidine rings is 1. The van der Waals surface area contributed by atoms with Crippen LogP contribution in [-0.2, 0) is 9.47 Å². The van der Waals surface area contributed by atoms with Gasteiger partial charge in [0.15, 0.2) is 0 Å². The maximum absolute atomic E-state index is 5.97. The van der Waals surface area contributed by atoms with Crippen molar-refractivity contribution in [3.05, 3.63) is 0 Å². The van der Waals surface area contributed by atoms with Gasteiger partial charge in [0.05, 0.1) is 24.9 Å². The molecule has 0 aromatic heterocycles. The van der Waals surface area contributed by atoms with Gasteiger partial charge in [-0.15, -0.1) is 0 Å². The van der Waals surface area contributed by atoms with Gasteiger partial charge in [-0.1, -0.05) is 0 Å². The molecule has 4 nitrogen and oxygen atoms in total. The van der Waals surface area contributed by atoms with Crippen molar-refractivity contribution < 1.29 is 9.47 Å². The Morgan fingerprint density at radius 2 is 1.88 bits per heavy atom. The molecular weight excluding hydrogens is 216 g/mol. The first kappa shape index (κ1) is 13.3. The summed E-state index contributed by atoms with van der Waals surface area (Å²) in [5, 5.41) is 3.17. The Hall–Kier alpha value is -0.160. The second-order valence-electron chi connectivity index (χ2n) is 5.35. The number of likely N-dealkylation sites (tertiary alicyclic amines) is 1. The van der Waals surface area contributed by atoms with Crippen LogP contribution >= 0.6 is 0 Å². The molecule has 2 aliphatic rings. The van der Waals surface area contributed by atoms with Gasteiger partial charge in [0.2, 0.25) is 0 Å². The van der Waals surface area contributed by atoms with Crippen LogP contribution in [0.2, 0.25) is 0 Å². The van der Waals surface area contributed by atoms with Crippen molar-refractivity contribution in [3.8, 4) is 0 Å². The summed E-state index contributed by atoms with van der Waals surface area (Å²) in [7, 11) is 4.16. The fourth-order valence-corrected chi connectivity index (χ4v) is 2.68. The molecule has 0 saturated carbocycles. The molecule has 2 fully saturated rings. The van der Waals surface area contributed by atoms with Crippen LogP contribution in [0.1, 0.15) is 25.7 Å². The summed E-state index contributed by atoms with van der Waals surface area (Å²) in [6.45, 7) is 4.08. The fourth-order valence-electron chi connectivity index (χ4n) is 2.68. The molecular formula is C13H26N2O2. The monoisotopic (exact) mass is 242 g/mol. The van der Waals surface area contributed by atoms with Crippen LogP contribution in [-0.4, -0.2) is 63.5 Å². The van der Waals surface area contributed by atoms with Crippen LogP contribution in [0.15, 0.2) is 0 Å². The zero-order chi connectivity index (χ0) is 12.1. The van der Waals surface area contributed by atoms with Crippen molar-refractivity contribution in [1.29, 1.82) is 0 Å². The summed E-state index contributed by atoms with van der Waals surface area (Å²) in [6, 6.07) is 0. The van der Waals surface area contributed by atoms with Crippen LogP contribution in [0, 0.1) is 0 Å². The standard InChI is InChI=1S/C13H26N2O2/c1-14-9-12-3-4-13(17-12)10-16-11-5-7-15(2)8-6-11/h11-14H,3-10H2,1-2H3. The van der Waals surface area contributed by atoms with Crippen LogP contribution in [0.3, 0.4) is 0 Å². The molecule has 2 aliphatic heterocycles. The molecule has 0 aliphatic carbocycles. The lowest BCUT2D eigenvalue weighted by Gasteiger charge is -2.29. The summed E-state index contributed by atoms with van der Waals surface area (Å²) >= 11 is 0. The SMILES string of the molecule is CNCC1CCC(COC2CCN(C)CC2)O1. The van der Waals surface area contributed by atoms with Crippen molar-refractivity contribution in [2.75, 3.05) is 40.3 Å². The van der Waals surface area contributed by atoms with Crippen LogP contribution in [0.4, 0.5) is 0 Å². The molecule has 0 aromatic rings.